The van der Waals surface area contributed by atoms with Gasteiger partial charge in [0.05, 0.1) is 12.0 Å². The van der Waals surface area contributed by atoms with Crippen molar-refractivity contribution in [2.75, 3.05) is 7.11 Å². The molecule has 29 heavy (non-hydrogen) atoms. The molecule has 4 heteroatoms. The van der Waals surface area contributed by atoms with E-state index in [9.17, 15) is 9.59 Å². The highest BCUT2D eigenvalue weighted by molar-refractivity contribution is 5.84. The minimum Gasteiger partial charge on any atom is -0.355 e. The van der Waals surface area contributed by atoms with Crippen LogP contribution in [0.3, 0.4) is 0 Å². The number of hydrogen-bond acceptors (Lipinski definition) is 4. The zero-order chi connectivity index (χ0) is 22.1. The summed E-state index contributed by atoms with van der Waals surface area (Å²) in [5.41, 5.74) is 3.13. The van der Waals surface area contributed by atoms with Gasteiger partial charge < -0.3 is 9.47 Å². The Morgan fingerprint density at radius 3 is 2.48 bits per heavy atom. The van der Waals surface area contributed by atoms with Gasteiger partial charge in [-0.2, -0.15) is 0 Å². The summed E-state index contributed by atoms with van der Waals surface area (Å²) in [7, 11) is 1.59. The maximum Gasteiger partial charge on any atom is 0.167 e. The van der Waals surface area contributed by atoms with Gasteiger partial charge in [0.1, 0.15) is 11.6 Å². The number of ether oxygens (including phenoxy) is 2. The van der Waals surface area contributed by atoms with Gasteiger partial charge in [0.15, 0.2) is 6.29 Å². The van der Waals surface area contributed by atoms with Crippen molar-refractivity contribution >= 4 is 11.6 Å². The van der Waals surface area contributed by atoms with Gasteiger partial charge in [-0.05, 0) is 20.8 Å². The summed E-state index contributed by atoms with van der Waals surface area (Å²) in [4.78, 5) is 25.2. The van der Waals surface area contributed by atoms with Gasteiger partial charge in [0.25, 0.3) is 0 Å². The Morgan fingerprint density at radius 2 is 1.93 bits per heavy atom. The Morgan fingerprint density at radius 1 is 1.31 bits per heavy atom. The molecule has 0 amide bonds. The van der Waals surface area contributed by atoms with Crippen LogP contribution in [0.2, 0.25) is 0 Å². The maximum atomic E-state index is 13.0. The van der Waals surface area contributed by atoms with E-state index in [0.717, 1.165) is 5.57 Å². The quantitative estimate of drug-likeness (QED) is 0.567. The summed E-state index contributed by atoms with van der Waals surface area (Å²) >= 11 is 0. The van der Waals surface area contributed by atoms with Crippen molar-refractivity contribution in [3.05, 3.63) is 34.9 Å². The van der Waals surface area contributed by atoms with Crippen LogP contribution in [-0.2, 0) is 19.1 Å². The molecule has 0 saturated carbocycles. The van der Waals surface area contributed by atoms with Crippen molar-refractivity contribution in [3.63, 3.8) is 0 Å². The molecule has 1 aliphatic heterocycles. The molecular formula is C25H38O4. The van der Waals surface area contributed by atoms with Crippen LogP contribution in [0.1, 0.15) is 61.8 Å². The molecule has 2 aliphatic rings. The van der Waals surface area contributed by atoms with Gasteiger partial charge in [-0.15, -0.1) is 0 Å². The summed E-state index contributed by atoms with van der Waals surface area (Å²) in [5.74, 6) is -0.158. The monoisotopic (exact) mass is 402 g/mol. The van der Waals surface area contributed by atoms with Crippen molar-refractivity contribution in [3.8, 4) is 0 Å². The van der Waals surface area contributed by atoms with Crippen LogP contribution in [0.25, 0.3) is 0 Å². The molecule has 2 rings (SSSR count). The van der Waals surface area contributed by atoms with Crippen molar-refractivity contribution in [1.82, 2.24) is 0 Å². The standard InChI is InChI=1S/C25H38O4/c1-10-20(26)15(3)12-17(5)21-16(4)11-14(2)13-25(21,8)23-18(6)22(27)19(7)24(28-9)29-23/h11-13,15,18-19,21,23-24H,10H2,1-9H3/b17-12+. The fourth-order valence-electron chi connectivity index (χ4n) is 5.57. The highest BCUT2D eigenvalue weighted by Gasteiger charge is 2.52. The fraction of sp³-hybridized carbons (Fsp3) is 0.680. The maximum absolute atomic E-state index is 13.0. The fourth-order valence-corrected chi connectivity index (χ4v) is 5.57. The van der Waals surface area contributed by atoms with Gasteiger partial charge in [0.2, 0.25) is 0 Å². The molecule has 7 atom stereocenters. The molecule has 0 aromatic carbocycles. The van der Waals surface area contributed by atoms with Crippen LogP contribution in [-0.4, -0.2) is 31.1 Å². The third-order valence-electron chi connectivity index (χ3n) is 6.78. The Labute approximate surface area is 176 Å². The summed E-state index contributed by atoms with van der Waals surface area (Å²) < 4.78 is 11.9. The zero-order valence-corrected chi connectivity index (χ0v) is 19.5. The number of rotatable bonds is 6. The predicted molar refractivity (Wildman–Crippen MR) is 116 cm³/mol. The lowest BCUT2D eigenvalue weighted by molar-refractivity contribution is -0.235. The molecule has 1 aliphatic carbocycles. The number of ketones is 2. The van der Waals surface area contributed by atoms with Crippen molar-refractivity contribution in [2.45, 2.75) is 74.2 Å². The van der Waals surface area contributed by atoms with Gasteiger partial charge in [-0.1, -0.05) is 69.6 Å². The van der Waals surface area contributed by atoms with E-state index in [-0.39, 0.29) is 41.3 Å². The smallest absolute Gasteiger partial charge is 0.167 e. The summed E-state index contributed by atoms with van der Waals surface area (Å²) in [6.07, 6.45) is 6.22. The second kappa shape index (κ2) is 9.09. The van der Waals surface area contributed by atoms with E-state index in [1.54, 1.807) is 7.11 Å². The molecule has 0 aromatic rings. The van der Waals surface area contributed by atoms with E-state index >= 15 is 0 Å². The van der Waals surface area contributed by atoms with Gasteiger partial charge >= 0.3 is 0 Å². The van der Waals surface area contributed by atoms with Crippen LogP contribution >= 0.6 is 0 Å². The van der Waals surface area contributed by atoms with Gasteiger partial charge in [-0.3, -0.25) is 9.59 Å². The molecule has 1 heterocycles. The first-order valence-electron chi connectivity index (χ1n) is 10.8. The van der Waals surface area contributed by atoms with Crippen molar-refractivity contribution in [1.29, 1.82) is 0 Å². The Balaban J connectivity index is 2.53. The molecule has 1 fully saturated rings. The lowest BCUT2D eigenvalue weighted by Crippen LogP contribution is -2.55. The molecule has 0 spiro atoms. The van der Waals surface area contributed by atoms with E-state index in [0.29, 0.717) is 6.42 Å². The van der Waals surface area contributed by atoms with Crippen LogP contribution in [0.15, 0.2) is 34.9 Å². The van der Waals surface area contributed by atoms with Crippen molar-refractivity contribution < 1.29 is 19.1 Å². The van der Waals surface area contributed by atoms with Crippen LogP contribution in [0.4, 0.5) is 0 Å². The lowest BCUT2D eigenvalue weighted by atomic mass is 9.60. The second-order valence-electron chi connectivity index (χ2n) is 9.24. The molecule has 0 radical (unpaired) electrons. The Bertz CT molecular complexity index is 744. The first-order chi connectivity index (χ1) is 13.5. The highest BCUT2D eigenvalue weighted by atomic mass is 16.7. The second-order valence-corrected chi connectivity index (χ2v) is 9.24. The molecule has 1 saturated heterocycles. The SMILES string of the molecule is CCC(=O)C(C)/C=C(\C)C1C(C)=CC(C)=CC1(C)C1OC(OC)C(C)C(=O)C1C. The van der Waals surface area contributed by atoms with E-state index < -0.39 is 11.7 Å². The number of Topliss-reactive ketones (excluding diaryl/α,β-unsaturated/α-hetero) is 2. The number of carbonyl (C=O) groups is 2. The third kappa shape index (κ3) is 4.49. The first kappa shape index (κ1) is 23.8. The molecular weight excluding hydrogens is 364 g/mol. The van der Waals surface area contributed by atoms with Crippen molar-refractivity contribution in [2.24, 2.45) is 29.1 Å². The minimum atomic E-state index is -0.536. The lowest BCUT2D eigenvalue weighted by Gasteiger charge is -2.50. The van der Waals surface area contributed by atoms with E-state index in [4.69, 9.17) is 9.47 Å². The number of carbonyl (C=O) groups excluding carboxylic acids is 2. The molecule has 0 aromatic heterocycles. The molecule has 7 unspecified atom stereocenters. The topological polar surface area (TPSA) is 52.6 Å². The largest absolute Gasteiger partial charge is 0.355 e. The average molecular weight is 403 g/mol. The summed E-state index contributed by atoms with van der Waals surface area (Å²) in [5, 5.41) is 0. The van der Waals surface area contributed by atoms with Crippen LogP contribution in [0, 0.1) is 29.1 Å². The van der Waals surface area contributed by atoms with E-state index in [1.807, 2.05) is 27.7 Å². The third-order valence-corrected chi connectivity index (χ3v) is 6.78. The van der Waals surface area contributed by atoms with Crippen LogP contribution in [0.5, 0.6) is 0 Å². The summed E-state index contributed by atoms with van der Waals surface area (Å²) in [6.45, 7) is 16.2. The first-order valence-corrected chi connectivity index (χ1v) is 10.8. The molecule has 0 N–H and O–H groups in total. The van der Waals surface area contributed by atoms with Gasteiger partial charge in [0, 0.05) is 36.7 Å². The normalized spacial score (nSPS) is 37.1. The number of allylic oxidation sites excluding steroid dienone is 5. The number of hydrogen-bond donors (Lipinski definition) is 0. The Kier molecular flexibility index (Phi) is 7.45. The molecule has 4 nitrogen and oxygen atoms in total. The Hall–Kier alpha value is -1.52. The minimum absolute atomic E-state index is 0.0597. The highest BCUT2D eigenvalue weighted by Crippen LogP contribution is 2.51. The summed E-state index contributed by atoms with van der Waals surface area (Å²) in [6, 6.07) is 0. The zero-order valence-electron chi connectivity index (χ0n) is 19.5. The van der Waals surface area contributed by atoms with Crippen LogP contribution < -0.4 is 0 Å². The van der Waals surface area contributed by atoms with Gasteiger partial charge in [-0.25, -0.2) is 0 Å². The molecule has 0 bridgehead atoms. The average Bonchev–Trinajstić information content (AvgIpc) is 2.64. The number of methoxy groups -OCH3 is 1. The molecule has 162 valence electrons. The predicted octanol–water partition coefficient (Wildman–Crippen LogP) is 5.29. The van der Waals surface area contributed by atoms with E-state index in [2.05, 4.69) is 45.9 Å². The van der Waals surface area contributed by atoms with E-state index in [1.165, 1.54) is 11.1 Å².